The molecule has 8 heteroatoms. The average molecular weight is 309 g/mol. The zero-order chi connectivity index (χ0) is 15.2. The van der Waals surface area contributed by atoms with E-state index in [2.05, 4.69) is 9.97 Å². The fraction of sp³-hybridized carbons (Fsp3) is 0.308. The van der Waals surface area contributed by atoms with Crippen LogP contribution in [0.15, 0.2) is 23.7 Å². The van der Waals surface area contributed by atoms with Gasteiger partial charge < -0.3 is 14.6 Å². The molecule has 7 nitrogen and oxygen atoms in total. The molecule has 0 atom stereocenters. The normalized spacial score (nSPS) is 10.4. The van der Waals surface area contributed by atoms with E-state index in [1.165, 1.54) is 24.5 Å². The molecule has 2 aromatic heterocycles. The summed E-state index contributed by atoms with van der Waals surface area (Å²) in [7, 11) is 2.85. The molecule has 0 spiro atoms. The summed E-state index contributed by atoms with van der Waals surface area (Å²) >= 11 is 1.42. The molecular weight excluding hydrogens is 294 g/mol. The number of pyridine rings is 1. The molecule has 2 aromatic rings. The molecule has 1 N–H and O–H groups in total. The molecular formula is C13H15N3O4S. The molecule has 0 aliphatic carbocycles. The number of aliphatic hydroxyl groups is 1. The largest absolute Gasteiger partial charge is 0.465 e. The van der Waals surface area contributed by atoms with E-state index in [0.29, 0.717) is 22.2 Å². The van der Waals surface area contributed by atoms with Gasteiger partial charge >= 0.3 is 5.97 Å². The standard InChI is InChI=1S/C13H15N3O4S/c1-19-8-16(13-14-3-4-21-13)11-6-9(12(18)20-2)5-10(7-17)15-11/h3-6,17H,7-8H2,1-2H3. The number of ether oxygens (including phenoxy) is 2. The Morgan fingerprint density at radius 3 is 2.81 bits per heavy atom. The maximum Gasteiger partial charge on any atom is 0.338 e. The van der Waals surface area contributed by atoms with Gasteiger partial charge in [0, 0.05) is 18.7 Å². The van der Waals surface area contributed by atoms with Gasteiger partial charge in [0.1, 0.15) is 12.5 Å². The second-order valence-electron chi connectivity index (χ2n) is 4.02. The van der Waals surface area contributed by atoms with E-state index < -0.39 is 5.97 Å². The van der Waals surface area contributed by atoms with Crippen molar-refractivity contribution in [1.29, 1.82) is 0 Å². The zero-order valence-electron chi connectivity index (χ0n) is 11.6. The highest BCUT2D eigenvalue weighted by Crippen LogP contribution is 2.26. The van der Waals surface area contributed by atoms with Crippen molar-refractivity contribution < 1.29 is 19.4 Å². The zero-order valence-corrected chi connectivity index (χ0v) is 12.5. The quantitative estimate of drug-likeness (QED) is 0.640. The van der Waals surface area contributed by atoms with Gasteiger partial charge in [0.05, 0.1) is 25.0 Å². The van der Waals surface area contributed by atoms with Gasteiger partial charge in [-0.05, 0) is 12.1 Å². The summed E-state index contributed by atoms with van der Waals surface area (Å²) in [5, 5.41) is 11.8. The maximum absolute atomic E-state index is 11.7. The Morgan fingerprint density at radius 2 is 2.24 bits per heavy atom. The van der Waals surface area contributed by atoms with Crippen LogP contribution in [0.5, 0.6) is 0 Å². The number of rotatable bonds is 6. The van der Waals surface area contributed by atoms with Crippen LogP contribution >= 0.6 is 11.3 Å². The lowest BCUT2D eigenvalue weighted by Crippen LogP contribution is -2.21. The van der Waals surface area contributed by atoms with E-state index in [4.69, 9.17) is 9.47 Å². The summed E-state index contributed by atoms with van der Waals surface area (Å²) in [5.41, 5.74) is 0.676. The highest BCUT2D eigenvalue weighted by molar-refractivity contribution is 7.13. The Bertz CT molecular complexity index is 603. The van der Waals surface area contributed by atoms with Gasteiger partial charge in [0.2, 0.25) is 0 Å². The monoisotopic (exact) mass is 309 g/mol. The molecule has 0 bridgehead atoms. The van der Waals surface area contributed by atoms with Crippen molar-refractivity contribution in [3.05, 3.63) is 35.0 Å². The van der Waals surface area contributed by atoms with Crippen molar-refractivity contribution in [3.8, 4) is 0 Å². The topological polar surface area (TPSA) is 84.8 Å². The number of nitrogens with zero attached hydrogens (tertiary/aromatic N) is 3. The van der Waals surface area contributed by atoms with Gasteiger partial charge in [-0.3, -0.25) is 4.90 Å². The van der Waals surface area contributed by atoms with Crippen LogP contribution in [0, 0.1) is 0 Å². The minimum atomic E-state index is -0.496. The number of hydrogen-bond donors (Lipinski definition) is 1. The highest BCUT2D eigenvalue weighted by atomic mass is 32.1. The summed E-state index contributed by atoms with van der Waals surface area (Å²) in [6.07, 6.45) is 1.67. The first-order chi connectivity index (χ1) is 10.2. The van der Waals surface area contributed by atoms with Crippen molar-refractivity contribution >= 4 is 28.3 Å². The molecule has 0 aliphatic rings. The first-order valence-electron chi connectivity index (χ1n) is 6.05. The van der Waals surface area contributed by atoms with Crippen LogP contribution < -0.4 is 4.90 Å². The van der Waals surface area contributed by atoms with Crippen LogP contribution in [0.1, 0.15) is 16.1 Å². The van der Waals surface area contributed by atoms with Crippen molar-refractivity contribution in [2.45, 2.75) is 6.61 Å². The van der Waals surface area contributed by atoms with Gasteiger partial charge in [0.15, 0.2) is 5.13 Å². The second-order valence-corrected chi connectivity index (χ2v) is 4.89. The number of thiazole rings is 1. The smallest absolute Gasteiger partial charge is 0.338 e. The fourth-order valence-corrected chi connectivity index (χ4v) is 2.36. The maximum atomic E-state index is 11.7. The van der Waals surface area contributed by atoms with E-state index >= 15 is 0 Å². The molecule has 0 fully saturated rings. The third-order valence-corrected chi connectivity index (χ3v) is 3.43. The van der Waals surface area contributed by atoms with Crippen LogP contribution in [-0.2, 0) is 16.1 Å². The molecule has 0 saturated carbocycles. The molecule has 21 heavy (non-hydrogen) atoms. The number of carbonyl (C=O) groups excluding carboxylic acids is 1. The van der Waals surface area contributed by atoms with Gasteiger partial charge in [0.25, 0.3) is 0 Å². The van der Waals surface area contributed by atoms with Crippen molar-refractivity contribution in [2.24, 2.45) is 0 Å². The lowest BCUT2D eigenvalue weighted by atomic mass is 10.2. The summed E-state index contributed by atoms with van der Waals surface area (Å²) in [6.45, 7) is -0.0630. The molecule has 2 rings (SSSR count). The first-order valence-corrected chi connectivity index (χ1v) is 6.93. The van der Waals surface area contributed by atoms with Crippen LogP contribution in [-0.4, -0.2) is 42.0 Å². The minimum absolute atomic E-state index is 0.218. The van der Waals surface area contributed by atoms with Crippen molar-refractivity contribution in [3.63, 3.8) is 0 Å². The molecule has 0 amide bonds. The summed E-state index contributed by atoms with van der Waals surface area (Å²) in [6, 6.07) is 3.06. The van der Waals surface area contributed by atoms with Crippen LogP contribution in [0.3, 0.4) is 0 Å². The second kappa shape index (κ2) is 7.11. The number of carbonyl (C=O) groups is 1. The number of hydrogen-bond acceptors (Lipinski definition) is 8. The summed E-state index contributed by atoms with van der Waals surface area (Å²) in [4.78, 5) is 21.9. The molecule has 112 valence electrons. The number of aromatic nitrogens is 2. The third-order valence-electron chi connectivity index (χ3n) is 2.63. The predicted molar refractivity (Wildman–Crippen MR) is 77.6 cm³/mol. The summed E-state index contributed by atoms with van der Waals surface area (Å²) < 4.78 is 9.87. The Balaban J connectivity index is 2.46. The van der Waals surface area contributed by atoms with Crippen molar-refractivity contribution in [2.75, 3.05) is 25.9 Å². The molecule has 0 unspecified atom stereocenters. The van der Waals surface area contributed by atoms with Crippen LogP contribution in [0.25, 0.3) is 0 Å². The van der Waals surface area contributed by atoms with Gasteiger partial charge in [-0.2, -0.15) is 0 Å². The molecule has 0 aromatic carbocycles. The van der Waals surface area contributed by atoms with Gasteiger partial charge in [-0.15, -0.1) is 11.3 Å². The number of aliphatic hydroxyl groups excluding tert-OH is 1. The number of methoxy groups -OCH3 is 2. The molecule has 2 heterocycles. The molecule has 0 radical (unpaired) electrons. The van der Waals surface area contributed by atoms with Gasteiger partial charge in [-0.25, -0.2) is 14.8 Å². The Hall–Kier alpha value is -2.03. The first kappa shape index (κ1) is 15.4. The van der Waals surface area contributed by atoms with Gasteiger partial charge in [-0.1, -0.05) is 0 Å². The summed E-state index contributed by atoms with van der Waals surface area (Å²) in [5.74, 6) is -0.0383. The molecule has 0 aliphatic heterocycles. The van der Waals surface area contributed by atoms with E-state index in [-0.39, 0.29) is 13.3 Å². The Morgan fingerprint density at radius 1 is 1.43 bits per heavy atom. The van der Waals surface area contributed by atoms with E-state index in [9.17, 15) is 9.90 Å². The van der Waals surface area contributed by atoms with E-state index in [1.807, 2.05) is 5.38 Å². The number of esters is 1. The van der Waals surface area contributed by atoms with E-state index in [0.717, 1.165) is 0 Å². The Kier molecular flexibility index (Phi) is 5.20. The Labute approximate surface area is 125 Å². The predicted octanol–water partition coefficient (Wildman–Crippen LogP) is 1.56. The lowest BCUT2D eigenvalue weighted by Gasteiger charge is -2.20. The van der Waals surface area contributed by atoms with Crippen molar-refractivity contribution in [1.82, 2.24) is 9.97 Å². The van der Waals surface area contributed by atoms with Crippen LogP contribution in [0.4, 0.5) is 10.9 Å². The number of anilines is 2. The lowest BCUT2D eigenvalue weighted by molar-refractivity contribution is 0.0600. The minimum Gasteiger partial charge on any atom is -0.465 e. The SMILES string of the molecule is COCN(c1cc(C(=O)OC)cc(CO)n1)c1nccs1. The average Bonchev–Trinajstić information content (AvgIpc) is 3.05. The molecule has 0 saturated heterocycles. The highest BCUT2D eigenvalue weighted by Gasteiger charge is 2.17. The van der Waals surface area contributed by atoms with E-state index in [1.54, 1.807) is 24.3 Å². The van der Waals surface area contributed by atoms with Crippen LogP contribution in [0.2, 0.25) is 0 Å². The fourth-order valence-electron chi connectivity index (χ4n) is 1.72. The third kappa shape index (κ3) is 3.54.